The van der Waals surface area contributed by atoms with Crippen molar-refractivity contribution in [2.24, 2.45) is 23.7 Å². The van der Waals surface area contributed by atoms with Crippen molar-refractivity contribution < 1.29 is 18.3 Å². The number of allylic oxidation sites excluding steroid dienone is 1. The van der Waals surface area contributed by atoms with E-state index in [1.165, 1.54) is 38.5 Å². The van der Waals surface area contributed by atoms with E-state index in [0.29, 0.717) is 11.7 Å². The Hall–Kier alpha value is -1.42. The topological polar surface area (TPSA) is 18.5 Å². The predicted molar refractivity (Wildman–Crippen MR) is 125 cm³/mol. The molecule has 0 radical (unpaired) electrons. The average Bonchev–Trinajstić information content (AvgIpc) is 2.82. The van der Waals surface area contributed by atoms with Crippen LogP contribution >= 0.6 is 0 Å². The summed E-state index contributed by atoms with van der Waals surface area (Å²) >= 11 is 0. The van der Waals surface area contributed by atoms with Crippen LogP contribution in [0.2, 0.25) is 0 Å². The zero-order valence-electron chi connectivity index (χ0n) is 19.8. The van der Waals surface area contributed by atoms with E-state index >= 15 is 0 Å². The van der Waals surface area contributed by atoms with Gasteiger partial charge in [0.1, 0.15) is 6.61 Å². The maximum absolute atomic E-state index is 14.8. The molecule has 1 aromatic rings. The third kappa shape index (κ3) is 5.38. The largest absolute Gasteiger partial charge is 0.486 e. The first-order valence-electron chi connectivity index (χ1n) is 12.9. The van der Waals surface area contributed by atoms with E-state index in [9.17, 15) is 8.78 Å². The molecule has 0 aliphatic heterocycles. The van der Waals surface area contributed by atoms with Gasteiger partial charge in [-0.2, -0.15) is 4.39 Å². The smallest absolute Gasteiger partial charge is 0.200 e. The van der Waals surface area contributed by atoms with Crippen molar-refractivity contribution in [3.8, 4) is 5.75 Å². The molecule has 3 saturated carbocycles. The minimum absolute atomic E-state index is 0.00820. The number of rotatable bonds is 7. The monoisotopic (exact) mass is 446 g/mol. The number of fused-ring (bicyclic) bond motifs is 1. The van der Waals surface area contributed by atoms with E-state index in [2.05, 4.69) is 6.92 Å². The normalized spacial score (nSPS) is 33.2. The fraction of sp³-hybridized carbons (Fsp3) is 0.714. The maximum Gasteiger partial charge on any atom is 0.200 e. The lowest BCUT2D eigenvalue weighted by Crippen LogP contribution is -2.36. The van der Waals surface area contributed by atoms with Crippen LogP contribution in [0.3, 0.4) is 0 Å². The van der Waals surface area contributed by atoms with E-state index < -0.39 is 11.6 Å². The summed E-state index contributed by atoms with van der Waals surface area (Å²) < 4.78 is 40.6. The second-order valence-electron chi connectivity index (χ2n) is 10.3. The van der Waals surface area contributed by atoms with Crippen LogP contribution in [0.1, 0.15) is 89.5 Å². The highest BCUT2D eigenvalue weighted by Crippen LogP contribution is 2.49. The Bertz CT molecular complexity index is 769. The van der Waals surface area contributed by atoms with Crippen LogP contribution in [0.4, 0.5) is 8.78 Å². The summed E-state index contributed by atoms with van der Waals surface area (Å²) in [6.07, 6.45) is 16.2. The fourth-order valence-corrected chi connectivity index (χ4v) is 6.81. The minimum atomic E-state index is -0.838. The molecule has 3 aliphatic carbocycles. The van der Waals surface area contributed by atoms with E-state index in [1.807, 2.05) is 13.0 Å². The number of hydrogen-bond acceptors (Lipinski definition) is 2. The summed E-state index contributed by atoms with van der Waals surface area (Å²) in [4.78, 5) is 0. The second kappa shape index (κ2) is 11.1. The SMILES string of the molecule is C/C=C/COc1ccc(C2CCC(C3CCC4CC(OCC)CCC4C3)CC2)c(F)c1F. The minimum Gasteiger partial charge on any atom is -0.486 e. The molecule has 178 valence electrons. The standard InChI is InChI=1S/C28H40F2O2/c1-3-5-16-32-26-15-14-25(27(29)28(26)30)20-8-6-19(7-9-20)21-10-11-23-18-24(31-4-2)13-12-22(23)17-21/h3,5,14-15,19-24H,4,6-13,16-18H2,1-2H3/b5-3+. The van der Waals surface area contributed by atoms with Gasteiger partial charge in [-0.05, 0) is 119 Å². The molecule has 4 rings (SSSR count). The lowest BCUT2D eigenvalue weighted by atomic mass is 9.62. The zero-order chi connectivity index (χ0) is 22.5. The van der Waals surface area contributed by atoms with Crippen molar-refractivity contribution in [3.05, 3.63) is 41.5 Å². The highest BCUT2D eigenvalue weighted by atomic mass is 19.2. The second-order valence-corrected chi connectivity index (χ2v) is 10.3. The van der Waals surface area contributed by atoms with E-state index in [-0.39, 0.29) is 18.3 Å². The van der Waals surface area contributed by atoms with Crippen molar-refractivity contribution in [1.29, 1.82) is 0 Å². The summed E-state index contributed by atoms with van der Waals surface area (Å²) in [5, 5.41) is 0. The molecule has 0 saturated heterocycles. The van der Waals surface area contributed by atoms with Crippen LogP contribution in [-0.4, -0.2) is 19.3 Å². The van der Waals surface area contributed by atoms with Gasteiger partial charge in [-0.3, -0.25) is 0 Å². The van der Waals surface area contributed by atoms with Gasteiger partial charge in [0.25, 0.3) is 0 Å². The Balaban J connectivity index is 1.30. The number of hydrogen-bond donors (Lipinski definition) is 0. The van der Waals surface area contributed by atoms with Crippen LogP contribution < -0.4 is 4.74 Å². The molecule has 3 aliphatic rings. The number of halogens is 2. The van der Waals surface area contributed by atoms with Crippen molar-refractivity contribution in [2.75, 3.05) is 13.2 Å². The number of benzene rings is 1. The third-order valence-electron chi connectivity index (χ3n) is 8.53. The first-order chi connectivity index (χ1) is 15.6. The summed E-state index contributed by atoms with van der Waals surface area (Å²) in [6, 6.07) is 3.35. The molecule has 4 heteroatoms. The lowest BCUT2D eigenvalue weighted by molar-refractivity contribution is -0.0205. The molecular formula is C28H40F2O2. The molecule has 0 heterocycles. The van der Waals surface area contributed by atoms with Gasteiger partial charge < -0.3 is 9.47 Å². The van der Waals surface area contributed by atoms with Crippen LogP contribution in [0.5, 0.6) is 5.75 Å². The molecular weight excluding hydrogens is 406 g/mol. The quantitative estimate of drug-likeness (QED) is 0.398. The van der Waals surface area contributed by atoms with Crippen LogP contribution in [-0.2, 0) is 4.74 Å². The average molecular weight is 447 g/mol. The van der Waals surface area contributed by atoms with Gasteiger partial charge in [0.05, 0.1) is 6.10 Å². The van der Waals surface area contributed by atoms with E-state index in [1.54, 1.807) is 18.2 Å². The molecule has 0 spiro atoms. The Morgan fingerprint density at radius 2 is 1.50 bits per heavy atom. The van der Waals surface area contributed by atoms with Gasteiger partial charge in [-0.15, -0.1) is 0 Å². The Morgan fingerprint density at radius 1 is 0.844 bits per heavy atom. The highest BCUT2D eigenvalue weighted by molar-refractivity contribution is 5.33. The van der Waals surface area contributed by atoms with E-state index in [0.717, 1.165) is 56.0 Å². The molecule has 0 aromatic heterocycles. The Morgan fingerprint density at radius 3 is 2.22 bits per heavy atom. The first kappa shape index (κ1) is 23.7. The van der Waals surface area contributed by atoms with Gasteiger partial charge >= 0.3 is 0 Å². The molecule has 0 amide bonds. The van der Waals surface area contributed by atoms with Gasteiger partial charge in [0, 0.05) is 6.61 Å². The van der Waals surface area contributed by atoms with Gasteiger partial charge in [-0.25, -0.2) is 4.39 Å². The van der Waals surface area contributed by atoms with Crippen molar-refractivity contribution in [1.82, 2.24) is 0 Å². The van der Waals surface area contributed by atoms with Gasteiger partial charge in [0.2, 0.25) is 5.82 Å². The molecule has 4 unspecified atom stereocenters. The van der Waals surface area contributed by atoms with Crippen LogP contribution in [0.15, 0.2) is 24.3 Å². The summed E-state index contributed by atoms with van der Waals surface area (Å²) in [6.45, 7) is 5.07. The molecule has 32 heavy (non-hydrogen) atoms. The zero-order valence-corrected chi connectivity index (χ0v) is 19.8. The third-order valence-corrected chi connectivity index (χ3v) is 8.53. The van der Waals surface area contributed by atoms with Gasteiger partial charge in [0.15, 0.2) is 11.6 Å². The predicted octanol–water partition coefficient (Wildman–Crippen LogP) is 7.82. The molecule has 2 nitrogen and oxygen atoms in total. The fourth-order valence-electron chi connectivity index (χ4n) is 6.81. The van der Waals surface area contributed by atoms with Crippen molar-refractivity contribution in [2.45, 2.75) is 90.1 Å². The van der Waals surface area contributed by atoms with Gasteiger partial charge in [-0.1, -0.05) is 18.2 Å². The van der Waals surface area contributed by atoms with Crippen molar-refractivity contribution in [3.63, 3.8) is 0 Å². The van der Waals surface area contributed by atoms with E-state index in [4.69, 9.17) is 9.47 Å². The first-order valence-corrected chi connectivity index (χ1v) is 12.9. The summed E-state index contributed by atoms with van der Waals surface area (Å²) in [5.41, 5.74) is 0.539. The molecule has 4 atom stereocenters. The molecule has 0 N–H and O–H groups in total. The molecule has 1 aromatic carbocycles. The Kier molecular flexibility index (Phi) is 8.26. The highest BCUT2D eigenvalue weighted by Gasteiger charge is 2.39. The maximum atomic E-state index is 14.8. The molecule has 0 bridgehead atoms. The van der Waals surface area contributed by atoms with Crippen LogP contribution in [0.25, 0.3) is 0 Å². The lowest BCUT2D eigenvalue weighted by Gasteiger charge is -2.45. The summed E-state index contributed by atoms with van der Waals surface area (Å²) in [7, 11) is 0. The van der Waals surface area contributed by atoms with Crippen molar-refractivity contribution >= 4 is 0 Å². The summed E-state index contributed by atoms with van der Waals surface area (Å²) in [5.74, 6) is 1.91. The Labute approximate surface area is 192 Å². The van der Waals surface area contributed by atoms with Crippen LogP contribution in [0, 0.1) is 35.3 Å². The number of ether oxygens (including phenoxy) is 2. The molecule has 3 fully saturated rings.